The van der Waals surface area contributed by atoms with Crippen molar-refractivity contribution in [3.05, 3.63) is 69.0 Å². The molecule has 2 heterocycles. The highest BCUT2D eigenvalue weighted by atomic mass is 79.9. The number of para-hydroxylation sites is 1. The van der Waals surface area contributed by atoms with E-state index in [1.54, 1.807) is 41.3 Å². The number of amides is 3. The Bertz CT molecular complexity index is 1110. The van der Waals surface area contributed by atoms with E-state index in [0.29, 0.717) is 29.4 Å². The lowest BCUT2D eigenvalue weighted by Gasteiger charge is -2.15. The summed E-state index contributed by atoms with van der Waals surface area (Å²) in [6.45, 7) is 2.12. The minimum Gasteiger partial charge on any atom is -0.308 e. The predicted molar refractivity (Wildman–Crippen MR) is 119 cm³/mol. The van der Waals surface area contributed by atoms with E-state index in [4.69, 9.17) is 0 Å². The van der Waals surface area contributed by atoms with Crippen LogP contribution in [0.25, 0.3) is 5.57 Å². The van der Waals surface area contributed by atoms with Gasteiger partial charge >= 0.3 is 0 Å². The fourth-order valence-electron chi connectivity index (χ4n) is 3.50. The quantitative estimate of drug-likeness (QED) is 0.461. The van der Waals surface area contributed by atoms with Crippen LogP contribution in [0.2, 0.25) is 0 Å². The van der Waals surface area contributed by atoms with Gasteiger partial charge in [0.1, 0.15) is 0 Å². The van der Waals surface area contributed by atoms with Crippen LogP contribution in [0.1, 0.15) is 29.3 Å². The van der Waals surface area contributed by atoms with E-state index >= 15 is 0 Å². The molecule has 0 unspecified atom stereocenters. The van der Waals surface area contributed by atoms with Crippen LogP contribution in [0.15, 0.2) is 57.9 Å². The van der Waals surface area contributed by atoms with Crippen molar-refractivity contribution in [2.45, 2.75) is 13.3 Å². The highest BCUT2D eigenvalue weighted by Gasteiger charge is 2.43. The van der Waals surface area contributed by atoms with Crippen LogP contribution in [0.5, 0.6) is 0 Å². The zero-order valence-corrected chi connectivity index (χ0v) is 18.5. The molecule has 30 heavy (non-hydrogen) atoms. The van der Waals surface area contributed by atoms with Crippen LogP contribution < -0.4 is 4.90 Å². The lowest BCUT2D eigenvalue weighted by Crippen LogP contribution is -2.34. The van der Waals surface area contributed by atoms with Crippen LogP contribution in [0, 0.1) is 0 Å². The number of hydrogen-bond acceptors (Lipinski definition) is 5. The number of fused-ring (bicyclic) bond motifs is 1. The molecular weight excluding hydrogens is 468 g/mol. The van der Waals surface area contributed by atoms with Crippen LogP contribution >= 0.6 is 27.7 Å². The molecule has 0 radical (unpaired) electrons. The number of imide groups is 1. The third-order valence-electron chi connectivity index (χ3n) is 4.91. The molecule has 2 aliphatic rings. The van der Waals surface area contributed by atoms with Crippen LogP contribution in [-0.2, 0) is 9.59 Å². The summed E-state index contributed by atoms with van der Waals surface area (Å²) in [4.78, 5) is 53.9. The van der Waals surface area contributed by atoms with Gasteiger partial charge < -0.3 is 4.90 Å². The molecule has 6 nitrogen and oxygen atoms in total. The fourth-order valence-corrected chi connectivity index (χ4v) is 4.69. The van der Waals surface area contributed by atoms with Crippen LogP contribution in [-0.4, -0.2) is 40.8 Å². The molecule has 0 aliphatic carbocycles. The summed E-state index contributed by atoms with van der Waals surface area (Å²) in [5.41, 5.74) is 2.01. The summed E-state index contributed by atoms with van der Waals surface area (Å²) in [6, 6.07) is 13.9. The number of rotatable bonds is 5. The molecule has 2 aromatic rings. The molecule has 2 aromatic carbocycles. The largest absolute Gasteiger partial charge is 0.308 e. The zero-order chi connectivity index (χ0) is 21.4. The van der Waals surface area contributed by atoms with Crippen molar-refractivity contribution in [2.24, 2.45) is 0 Å². The Kier molecular flexibility index (Phi) is 5.62. The van der Waals surface area contributed by atoms with Gasteiger partial charge in [0.15, 0.2) is 5.78 Å². The number of anilines is 1. The first kappa shape index (κ1) is 20.6. The third-order valence-corrected chi connectivity index (χ3v) is 6.42. The van der Waals surface area contributed by atoms with Crippen LogP contribution in [0.4, 0.5) is 10.5 Å². The Morgan fingerprint density at radius 2 is 1.67 bits per heavy atom. The Morgan fingerprint density at radius 1 is 0.967 bits per heavy atom. The molecule has 2 aliphatic heterocycles. The number of carbonyl (C=O) groups excluding carboxylic acids is 4. The first-order valence-electron chi connectivity index (χ1n) is 9.40. The SMILES string of the molecule is CCCN1C(=O)/C(=C2/SC(=O)N(CC(=O)c3ccc(Br)cc3)C2=O)c2ccccc21. The van der Waals surface area contributed by atoms with E-state index < -0.39 is 11.1 Å². The lowest BCUT2D eigenvalue weighted by molar-refractivity contribution is -0.122. The maximum Gasteiger partial charge on any atom is 0.294 e. The van der Waals surface area contributed by atoms with Gasteiger partial charge in [0.25, 0.3) is 17.1 Å². The standard InChI is InChI=1S/C22H17BrN2O4S/c1-2-11-24-16-6-4-3-5-15(16)18(20(24)27)19-21(28)25(22(29)30-19)12-17(26)13-7-9-14(23)10-8-13/h3-10H,2,11-12H2,1H3/b19-18+. The van der Waals surface area contributed by atoms with Gasteiger partial charge in [-0.05, 0) is 36.4 Å². The Balaban J connectivity index is 1.67. The molecule has 1 fully saturated rings. The minimum absolute atomic E-state index is 0.0830. The van der Waals surface area contributed by atoms with Crippen molar-refractivity contribution >= 4 is 61.8 Å². The van der Waals surface area contributed by atoms with Crippen LogP contribution in [0.3, 0.4) is 0 Å². The van der Waals surface area contributed by atoms with Gasteiger partial charge in [-0.1, -0.05) is 53.2 Å². The number of carbonyl (C=O) groups is 4. The molecular formula is C22H17BrN2O4S. The third kappa shape index (κ3) is 3.50. The number of benzene rings is 2. The first-order chi connectivity index (χ1) is 14.4. The number of nitrogens with zero attached hydrogens (tertiary/aromatic N) is 2. The van der Waals surface area contributed by atoms with Gasteiger partial charge in [-0.3, -0.25) is 24.1 Å². The fraction of sp³-hybridized carbons (Fsp3) is 0.182. The van der Waals surface area contributed by atoms with Crippen molar-refractivity contribution < 1.29 is 19.2 Å². The minimum atomic E-state index is -0.605. The monoisotopic (exact) mass is 484 g/mol. The normalized spacial score (nSPS) is 18.4. The van der Waals surface area contributed by atoms with Crippen molar-refractivity contribution in [1.82, 2.24) is 4.90 Å². The van der Waals surface area contributed by atoms with Gasteiger partial charge in [0.05, 0.1) is 22.7 Å². The van der Waals surface area contributed by atoms with E-state index in [-0.39, 0.29) is 28.7 Å². The maximum atomic E-state index is 13.1. The lowest BCUT2D eigenvalue weighted by atomic mass is 10.1. The number of ketones is 1. The molecule has 8 heteroatoms. The van der Waals surface area contributed by atoms with E-state index in [1.165, 1.54) is 0 Å². The highest BCUT2D eigenvalue weighted by Crippen LogP contribution is 2.44. The topological polar surface area (TPSA) is 74.8 Å². The molecule has 0 N–H and O–H groups in total. The number of halogens is 1. The summed E-state index contributed by atoms with van der Waals surface area (Å²) >= 11 is 4.02. The molecule has 0 spiro atoms. The summed E-state index contributed by atoms with van der Waals surface area (Å²) in [6.07, 6.45) is 0.760. The predicted octanol–water partition coefficient (Wildman–Crippen LogP) is 4.50. The molecule has 0 aromatic heterocycles. The van der Waals surface area contributed by atoms with Crippen molar-refractivity contribution in [1.29, 1.82) is 0 Å². The van der Waals surface area contributed by atoms with E-state index in [0.717, 1.165) is 21.5 Å². The molecule has 1 saturated heterocycles. The summed E-state index contributed by atoms with van der Waals surface area (Å²) in [5.74, 6) is -1.24. The van der Waals surface area contributed by atoms with Crippen molar-refractivity contribution in [3.63, 3.8) is 0 Å². The second-order valence-electron chi connectivity index (χ2n) is 6.87. The summed E-state index contributed by atoms with van der Waals surface area (Å²) < 4.78 is 0.824. The number of Topliss-reactive ketones (excluding diaryl/α,β-unsaturated/α-hetero) is 1. The zero-order valence-electron chi connectivity index (χ0n) is 16.1. The van der Waals surface area contributed by atoms with Gasteiger partial charge in [-0.15, -0.1) is 0 Å². The maximum absolute atomic E-state index is 13.1. The average Bonchev–Trinajstić information content (AvgIpc) is 3.16. The molecule has 4 rings (SSSR count). The average molecular weight is 485 g/mol. The summed E-state index contributed by atoms with van der Waals surface area (Å²) in [5, 5.41) is -0.549. The number of thioether (sulfide) groups is 1. The van der Waals surface area contributed by atoms with Crippen molar-refractivity contribution in [2.75, 3.05) is 18.0 Å². The Labute approximate surface area is 186 Å². The summed E-state index contributed by atoms with van der Waals surface area (Å²) in [7, 11) is 0. The smallest absolute Gasteiger partial charge is 0.294 e. The first-order valence-corrected chi connectivity index (χ1v) is 11.0. The second kappa shape index (κ2) is 8.20. The number of hydrogen-bond donors (Lipinski definition) is 0. The molecule has 3 amide bonds. The van der Waals surface area contributed by atoms with Gasteiger partial charge in [0, 0.05) is 22.1 Å². The molecule has 0 atom stereocenters. The van der Waals surface area contributed by atoms with E-state index in [2.05, 4.69) is 15.9 Å². The van der Waals surface area contributed by atoms with Gasteiger partial charge in [-0.25, -0.2) is 0 Å². The second-order valence-corrected chi connectivity index (χ2v) is 8.74. The van der Waals surface area contributed by atoms with E-state index in [1.807, 2.05) is 19.1 Å². The van der Waals surface area contributed by atoms with Gasteiger partial charge in [-0.2, -0.15) is 0 Å². The highest BCUT2D eigenvalue weighted by molar-refractivity contribution is 9.10. The molecule has 0 saturated carbocycles. The van der Waals surface area contributed by atoms with Crippen molar-refractivity contribution in [3.8, 4) is 0 Å². The Hall–Kier alpha value is -2.71. The molecule has 152 valence electrons. The molecule has 0 bridgehead atoms. The Morgan fingerprint density at radius 3 is 2.37 bits per heavy atom. The van der Waals surface area contributed by atoms with E-state index in [9.17, 15) is 19.2 Å². The van der Waals surface area contributed by atoms with Gasteiger partial charge in [0.2, 0.25) is 0 Å².